The molecular formula is C28H29N3O6. The summed E-state index contributed by atoms with van der Waals surface area (Å²) in [4.78, 5) is 12.9. The first-order valence-corrected chi connectivity index (χ1v) is 11.5. The van der Waals surface area contributed by atoms with E-state index < -0.39 is 6.04 Å². The van der Waals surface area contributed by atoms with Crippen molar-refractivity contribution < 1.29 is 28.6 Å². The molecule has 0 aliphatic heterocycles. The van der Waals surface area contributed by atoms with E-state index in [4.69, 9.17) is 24.5 Å². The Balaban J connectivity index is 1.63. The predicted octanol–water partition coefficient (Wildman–Crippen LogP) is 4.56. The number of aromatic hydroxyl groups is 1. The molecule has 1 aromatic heterocycles. The fourth-order valence-electron chi connectivity index (χ4n) is 4.12. The number of nitrogens with one attached hydrogen (secondary N) is 1. The summed E-state index contributed by atoms with van der Waals surface area (Å²) in [6, 6.07) is 14.9. The highest BCUT2D eigenvalue weighted by atomic mass is 16.5. The van der Waals surface area contributed by atoms with Crippen molar-refractivity contribution in [2.24, 2.45) is 5.73 Å². The third kappa shape index (κ3) is 5.52. The number of aromatic nitrogens is 1. The van der Waals surface area contributed by atoms with Crippen LogP contribution in [0.5, 0.6) is 23.0 Å². The van der Waals surface area contributed by atoms with E-state index in [2.05, 4.69) is 10.5 Å². The number of carbonyl (C=O) groups excluding carboxylic acids is 1. The minimum absolute atomic E-state index is 0.152. The number of nitrogens with zero attached hydrogens (tertiary/aromatic N) is 1. The number of hydrogen-bond acceptors (Lipinski definition) is 8. The van der Waals surface area contributed by atoms with Gasteiger partial charge in [-0.25, -0.2) is 0 Å². The molecule has 9 nitrogen and oxygen atoms in total. The van der Waals surface area contributed by atoms with Gasteiger partial charge in [-0.3, -0.25) is 4.79 Å². The van der Waals surface area contributed by atoms with Gasteiger partial charge in [0.1, 0.15) is 23.5 Å². The number of amides is 1. The Morgan fingerprint density at radius 2 is 1.73 bits per heavy atom. The Morgan fingerprint density at radius 3 is 2.41 bits per heavy atom. The summed E-state index contributed by atoms with van der Waals surface area (Å²) in [6.07, 6.45) is 1.86. The average Bonchev–Trinajstić information content (AvgIpc) is 3.39. The van der Waals surface area contributed by atoms with Crippen molar-refractivity contribution in [2.45, 2.75) is 19.4 Å². The number of benzene rings is 3. The zero-order valence-electron chi connectivity index (χ0n) is 21.1. The van der Waals surface area contributed by atoms with E-state index in [1.807, 2.05) is 25.1 Å². The second-order valence-corrected chi connectivity index (χ2v) is 8.49. The van der Waals surface area contributed by atoms with Crippen LogP contribution in [-0.2, 0) is 11.2 Å². The Morgan fingerprint density at radius 1 is 1.00 bits per heavy atom. The number of hydrogen-bond donors (Lipinski definition) is 3. The van der Waals surface area contributed by atoms with Gasteiger partial charge in [0.05, 0.1) is 33.1 Å². The van der Waals surface area contributed by atoms with Gasteiger partial charge in [-0.05, 0) is 66.4 Å². The first kappa shape index (κ1) is 25.6. The molecule has 4 aromatic rings. The van der Waals surface area contributed by atoms with Crippen molar-refractivity contribution in [1.29, 1.82) is 0 Å². The molecule has 4 N–H and O–H groups in total. The Hall–Kier alpha value is -4.50. The van der Waals surface area contributed by atoms with Crippen molar-refractivity contribution in [1.82, 2.24) is 5.16 Å². The molecule has 1 atom stereocenters. The molecule has 0 bridgehead atoms. The number of nitrogens with two attached hydrogens (primary N) is 1. The summed E-state index contributed by atoms with van der Waals surface area (Å²) in [5.41, 5.74) is 11.2. The fourth-order valence-corrected chi connectivity index (χ4v) is 4.12. The molecular weight excluding hydrogens is 474 g/mol. The van der Waals surface area contributed by atoms with Gasteiger partial charge in [-0.2, -0.15) is 0 Å². The molecule has 1 heterocycles. The van der Waals surface area contributed by atoms with Gasteiger partial charge in [0.15, 0.2) is 11.5 Å². The molecule has 4 rings (SSSR count). The van der Waals surface area contributed by atoms with Crippen LogP contribution in [-0.4, -0.2) is 43.5 Å². The second-order valence-electron chi connectivity index (χ2n) is 8.49. The molecule has 0 aliphatic rings. The van der Waals surface area contributed by atoms with Crippen molar-refractivity contribution in [3.05, 3.63) is 72.0 Å². The topological polar surface area (TPSA) is 129 Å². The summed E-state index contributed by atoms with van der Waals surface area (Å²) in [5.74, 6) is 1.49. The number of phenols is 1. The zero-order valence-corrected chi connectivity index (χ0v) is 21.1. The van der Waals surface area contributed by atoms with Crippen molar-refractivity contribution in [2.75, 3.05) is 26.6 Å². The normalized spacial score (nSPS) is 11.6. The predicted molar refractivity (Wildman–Crippen MR) is 140 cm³/mol. The maximum atomic E-state index is 12.9. The van der Waals surface area contributed by atoms with Crippen molar-refractivity contribution in [3.8, 4) is 45.4 Å². The summed E-state index contributed by atoms with van der Waals surface area (Å²) in [5, 5.41) is 16.6. The van der Waals surface area contributed by atoms with E-state index in [-0.39, 0.29) is 11.7 Å². The lowest BCUT2D eigenvalue weighted by Gasteiger charge is -2.16. The number of rotatable bonds is 9. The van der Waals surface area contributed by atoms with E-state index in [0.717, 1.165) is 27.8 Å². The largest absolute Gasteiger partial charge is 0.508 e. The number of methoxy groups -OCH3 is 3. The Kier molecular flexibility index (Phi) is 7.64. The van der Waals surface area contributed by atoms with Crippen LogP contribution in [0.1, 0.15) is 11.1 Å². The lowest BCUT2D eigenvalue weighted by Crippen LogP contribution is -2.37. The van der Waals surface area contributed by atoms with Crippen LogP contribution < -0.4 is 25.3 Å². The van der Waals surface area contributed by atoms with Gasteiger partial charge in [0.2, 0.25) is 5.91 Å². The molecule has 9 heteroatoms. The number of anilines is 1. The smallest absolute Gasteiger partial charge is 0.241 e. The molecule has 1 amide bonds. The first-order valence-electron chi connectivity index (χ1n) is 11.5. The number of ether oxygens (including phenoxy) is 3. The second kappa shape index (κ2) is 11.0. The zero-order chi connectivity index (χ0) is 26.5. The number of aryl methyl sites for hydroxylation is 1. The third-order valence-corrected chi connectivity index (χ3v) is 6.00. The minimum Gasteiger partial charge on any atom is -0.508 e. The standard InChI is InChI=1S/C28H29N3O6/c1-16-11-19(14-25(35-3)27(16)36-4)26-21(15-37-31-26)18-7-10-24(34-2)23(13-18)30-28(33)22(29)12-17-5-8-20(32)9-6-17/h5-11,13-15,22,32H,12,29H2,1-4H3,(H,30,33). The number of carbonyl (C=O) groups is 1. The number of phenolic OH excluding ortho intramolecular Hbond substituents is 1. The summed E-state index contributed by atoms with van der Waals surface area (Å²) in [7, 11) is 4.70. The van der Waals surface area contributed by atoms with Gasteiger partial charge in [0.25, 0.3) is 0 Å². The quantitative estimate of drug-likeness (QED) is 0.303. The lowest BCUT2D eigenvalue weighted by molar-refractivity contribution is -0.117. The molecule has 37 heavy (non-hydrogen) atoms. The van der Waals surface area contributed by atoms with Crippen LogP contribution in [0, 0.1) is 6.92 Å². The SMILES string of the molecule is COc1ccc(-c2conc2-c2cc(C)c(OC)c(OC)c2)cc1NC(=O)C(N)Cc1ccc(O)cc1. The summed E-state index contributed by atoms with van der Waals surface area (Å²) < 4.78 is 21.7. The van der Waals surface area contributed by atoms with E-state index in [1.165, 1.54) is 7.11 Å². The van der Waals surface area contributed by atoms with Gasteiger partial charge in [-0.1, -0.05) is 23.4 Å². The van der Waals surface area contributed by atoms with E-state index in [9.17, 15) is 9.90 Å². The highest BCUT2D eigenvalue weighted by Gasteiger charge is 2.20. The van der Waals surface area contributed by atoms with Gasteiger partial charge < -0.3 is 34.9 Å². The van der Waals surface area contributed by atoms with Gasteiger partial charge in [0, 0.05) is 11.1 Å². The lowest BCUT2D eigenvalue weighted by atomic mass is 9.99. The van der Waals surface area contributed by atoms with Crippen LogP contribution in [0.4, 0.5) is 5.69 Å². The fraction of sp³-hybridized carbons (Fsp3) is 0.214. The van der Waals surface area contributed by atoms with E-state index in [0.29, 0.717) is 35.1 Å². The molecule has 0 fully saturated rings. The van der Waals surface area contributed by atoms with Crippen LogP contribution in [0.25, 0.3) is 22.4 Å². The summed E-state index contributed by atoms with van der Waals surface area (Å²) >= 11 is 0. The minimum atomic E-state index is -0.807. The molecule has 3 aromatic carbocycles. The first-order chi connectivity index (χ1) is 17.8. The molecule has 0 spiro atoms. The maximum Gasteiger partial charge on any atom is 0.241 e. The highest BCUT2D eigenvalue weighted by Crippen LogP contribution is 2.40. The van der Waals surface area contributed by atoms with E-state index >= 15 is 0 Å². The van der Waals surface area contributed by atoms with Crippen LogP contribution in [0.2, 0.25) is 0 Å². The molecule has 0 saturated carbocycles. The maximum absolute atomic E-state index is 12.9. The molecule has 0 saturated heterocycles. The van der Waals surface area contributed by atoms with E-state index in [1.54, 1.807) is 56.9 Å². The monoisotopic (exact) mass is 503 g/mol. The van der Waals surface area contributed by atoms with Gasteiger partial charge in [-0.15, -0.1) is 0 Å². The third-order valence-electron chi connectivity index (χ3n) is 6.00. The molecule has 0 radical (unpaired) electrons. The Bertz CT molecular complexity index is 1400. The summed E-state index contributed by atoms with van der Waals surface area (Å²) in [6.45, 7) is 1.92. The molecule has 0 aliphatic carbocycles. The van der Waals surface area contributed by atoms with Crippen LogP contribution in [0.15, 0.2) is 65.4 Å². The molecule has 192 valence electrons. The highest BCUT2D eigenvalue weighted by molar-refractivity contribution is 5.97. The van der Waals surface area contributed by atoms with Crippen LogP contribution in [0.3, 0.4) is 0 Å². The van der Waals surface area contributed by atoms with Crippen LogP contribution >= 0.6 is 0 Å². The van der Waals surface area contributed by atoms with Crippen molar-refractivity contribution in [3.63, 3.8) is 0 Å². The Labute approximate surface area is 214 Å². The van der Waals surface area contributed by atoms with Crippen molar-refractivity contribution >= 4 is 11.6 Å². The average molecular weight is 504 g/mol. The molecule has 1 unspecified atom stereocenters. The van der Waals surface area contributed by atoms with Gasteiger partial charge >= 0.3 is 0 Å².